The highest BCUT2D eigenvalue weighted by Gasteiger charge is 2.68. The van der Waals surface area contributed by atoms with Crippen LogP contribution in [-0.2, 0) is 28.7 Å². The van der Waals surface area contributed by atoms with Crippen molar-refractivity contribution in [2.75, 3.05) is 13.2 Å². The van der Waals surface area contributed by atoms with Crippen molar-refractivity contribution in [1.29, 1.82) is 0 Å². The highest BCUT2D eigenvalue weighted by Crippen LogP contribution is 2.67. The number of aliphatic hydroxyl groups excluding tert-OH is 1. The number of carbonyl (C=O) groups is 5. The van der Waals surface area contributed by atoms with Gasteiger partial charge in [-0.15, -0.1) is 0 Å². The standard InChI is InChI=1S/C30H41NO9/c1-28-11-9-18(32)14-17(28)5-6-19-20-10-12-30(39,29(20,2)15-22(33)26(19)28)23(34)16-40-25(36)8-7-24(35)31-13-3-4-21(31)27(37)38/h14,19-22,26,33,39H,3-13,15-16H2,1-2H3,(H,37,38)/t19-,20-,21+,22+,26+,28-,29-,30-/m0/s1. The van der Waals surface area contributed by atoms with Gasteiger partial charge in [0.25, 0.3) is 0 Å². The Morgan fingerprint density at radius 1 is 1.07 bits per heavy atom. The van der Waals surface area contributed by atoms with Crippen LogP contribution in [0.1, 0.15) is 84.5 Å². The second-order valence-electron chi connectivity index (χ2n) is 13.1. The Hall–Kier alpha value is -2.59. The van der Waals surface area contributed by atoms with Crippen LogP contribution in [0.4, 0.5) is 0 Å². The number of carbonyl (C=O) groups excluding carboxylic acids is 4. The average Bonchev–Trinajstić information content (AvgIpc) is 3.50. The molecule has 1 heterocycles. The minimum Gasteiger partial charge on any atom is -0.480 e. The summed E-state index contributed by atoms with van der Waals surface area (Å²) in [5.41, 5.74) is -1.78. The predicted molar refractivity (Wildman–Crippen MR) is 141 cm³/mol. The van der Waals surface area contributed by atoms with Crippen molar-refractivity contribution in [3.63, 3.8) is 0 Å². The van der Waals surface area contributed by atoms with Crippen LogP contribution in [0.25, 0.3) is 0 Å². The van der Waals surface area contributed by atoms with Gasteiger partial charge in [-0.2, -0.15) is 0 Å². The maximum Gasteiger partial charge on any atom is 0.326 e. The van der Waals surface area contributed by atoms with E-state index in [0.29, 0.717) is 38.6 Å². The number of aliphatic hydroxyl groups is 2. The number of ketones is 2. The highest BCUT2D eigenvalue weighted by atomic mass is 16.5. The van der Waals surface area contributed by atoms with Crippen LogP contribution < -0.4 is 0 Å². The predicted octanol–water partition coefficient (Wildman–Crippen LogP) is 2.19. The number of carboxylic acids is 1. The second kappa shape index (κ2) is 10.4. The smallest absolute Gasteiger partial charge is 0.326 e. The number of allylic oxidation sites excluding steroid dienone is 1. The zero-order chi connectivity index (χ0) is 29.0. The van der Waals surface area contributed by atoms with Crippen molar-refractivity contribution in [2.45, 2.75) is 102 Å². The van der Waals surface area contributed by atoms with E-state index in [9.17, 15) is 39.3 Å². The number of rotatable bonds is 7. The van der Waals surface area contributed by atoms with Crippen LogP contribution in [0.3, 0.4) is 0 Å². The molecule has 1 amide bonds. The molecule has 8 atom stereocenters. The van der Waals surface area contributed by atoms with Gasteiger partial charge in [0.15, 0.2) is 12.4 Å². The van der Waals surface area contributed by atoms with Crippen LogP contribution in [-0.4, -0.2) is 80.5 Å². The number of esters is 1. The first-order valence-corrected chi connectivity index (χ1v) is 14.7. The number of ether oxygens (including phenoxy) is 1. The molecule has 40 heavy (non-hydrogen) atoms. The molecule has 0 aromatic rings. The van der Waals surface area contributed by atoms with E-state index in [-0.39, 0.29) is 54.6 Å². The summed E-state index contributed by atoms with van der Waals surface area (Å²) in [4.78, 5) is 62.9. The summed E-state index contributed by atoms with van der Waals surface area (Å²) in [5, 5.41) is 32.5. The van der Waals surface area contributed by atoms with Gasteiger partial charge in [0, 0.05) is 24.8 Å². The third-order valence-corrected chi connectivity index (χ3v) is 11.3. The van der Waals surface area contributed by atoms with Gasteiger partial charge in [-0.25, -0.2) is 4.79 Å². The van der Waals surface area contributed by atoms with Gasteiger partial charge in [0.05, 0.1) is 12.5 Å². The minimum atomic E-state index is -1.75. The van der Waals surface area contributed by atoms with Gasteiger partial charge in [-0.05, 0) is 80.6 Å². The fourth-order valence-corrected chi connectivity index (χ4v) is 9.16. The molecule has 10 nitrogen and oxygen atoms in total. The summed E-state index contributed by atoms with van der Waals surface area (Å²) >= 11 is 0. The lowest BCUT2D eigenvalue weighted by Crippen LogP contribution is -2.62. The molecule has 1 aliphatic heterocycles. The van der Waals surface area contributed by atoms with E-state index in [1.54, 1.807) is 6.08 Å². The molecule has 0 bridgehead atoms. The van der Waals surface area contributed by atoms with Gasteiger partial charge < -0.3 is 25.0 Å². The molecule has 1 saturated heterocycles. The van der Waals surface area contributed by atoms with Crippen molar-refractivity contribution >= 4 is 29.4 Å². The van der Waals surface area contributed by atoms with Gasteiger partial charge in [-0.3, -0.25) is 19.2 Å². The first-order valence-electron chi connectivity index (χ1n) is 14.7. The number of fused-ring (bicyclic) bond motifs is 5. The zero-order valence-electron chi connectivity index (χ0n) is 23.4. The van der Waals surface area contributed by atoms with E-state index in [1.807, 2.05) is 6.92 Å². The minimum absolute atomic E-state index is 0.0156. The summed E-state index contributed by atoms with van der Waals surface area (Å²) in [6.45, 7) is 3.73. The van der Waals surface area contributed by atoms with E-state index in [1.165, 1.54) is 4.90 Å². The molecule has 3 N–H and O–H groups in total. The fourth-order valence-electron chi connectivity index (χ4n) is 9.16. The van der Waals surface area contributed by atoms with Crippen molar-refractivity contribution in [2.24, 2.45) is 28.6 Å². The molecule has 0 spiro atoms. The third kappa shape index (κ3) is 4.51. The lowest BCUT2D eigenvalue weighted by atomic mass is 9.45. The molecule has 4 fully saturated rings. The van der Waals surface area contributed by atoms with E-state index in [2.05, 4.69) is 6.92 Å². The Kier molecular flexibility index (Phi) is 7.48. The molecule has 5 rings (SSSR count). The Morgan fingerprint density at radius 3 is 2.55 bits per heavy atom. The number of aliphatic carboxylic acids is 1. The lowest BCUT2D eigenvalue weighted by molar-refractivity contribution is -0.184. The SMILES string of the molecule is C[C@]12CCC(=O)C=C1CC[C@@H]1[C@@H]2[C@H](O)C[C@@]2(C)[C@H]1CC[C@]2(O)C(=O)COC(=O)CCC(=O)N1CCC[C@@H]1C(=O)O. The van der Waals surface area contributed by atoms with E-state index >= 15 is 0 Å². The Morgan fingerprint density at radius 2 is 1.82 bits per heavy atom. The zero-order valence-corrected chi connectivity index (χ0v) is 23.4. The largest absolute Gasteiger partial charge is 0.480 e. The van der Waals surface area contributed by atoms with E-state index < -0.39 is 53.4 Å². The molecule has 220 valence electrons. The number of carboxylic acid groups (broad SMARTS) is 1. The average molecular weight is 560 g/mol. The van der Waals surface area contributed by atoms with Crippen LogP contribution >= 0.6 is 0 Å². The van der Waals surface area contributed by atoms with Crippen molar-refractivity contribution in [3.05, 3.63) is 11.6 Å². The maximum absolute atomic E-state index is 13.4. The lowest BCUT2D eigenvalue weighted by Gasteiger charge is -2.60. The third-order valence-electron chi connectivity index (χ3n) is 11.3. The summed E-state index contributed by atoms with van der Waals surface area (Å²) in [6.07, 6.45) is 5.35. The van der Waals surface area contributed by atoms with Crippen molar-refractivity contribution in [3.8, 4) is 0 Å². The van der Waals surface area contributed by atoms with Gasteiger partial charge in [0.1, 0.15) is 11.6 Å². The topological polar surface area (TPSA) is 159 Å². The quantitative estimate of drug-likeness (QED) is 0.398. The van der Waals surface area contributed by atoms with Crippen molar-refractivity contribution in [1.82, 2.24) is 4.90 Å². The Labute approximate surface area is 234 Å². The molecule has 0 unspecified atom stereocenters. The maximum atomic E-state index is 13.4. The molecular weight excluding hydrogens is 518 g/mol. The van der Waals surface area contributed by atoms with E-state index in [4.69, 9.17) is 4.74 Å². The Bertz CT molecular complexity index is 1150. The summed E-state index contributed by atoms with van der Waals surface area (Å²) in [6, 6.07) is -0.879. The number of likely N-dealkylation sites (tertiary alicyclic amines) is 1. The highest BCUT2D eigenvalue weighted by molar-refractivity contribution is 5.92. The fraction of sp³-hybridized carbons (Fsp3) is 0.767. The molecule has 0 aromatic heterocycles. The molecule has 4 aliphatic carbocycles. The number of hydrogen-bond donors (Lipinski definition) is 3. The van der Waals surface area contributed by atoms with Crippen LogP contribution in [0, 0.1) is 28.6 Å². The van der Waals surface area contributed by atoms with Crippen molar-refractivity contribution < 1.29 is 44.0 Å². The van der Waals surface area contributed by atoms with Crippen LogP contribution in [0.5, 0.6) is 0 Å². The molecule has 10 heteroatoms. The van der Waals surface area contributed by atoms with Crippen LogP contribution in [0.15, 0.2) is 11.6 Å². The first kappa shape index (κ1) is 28.9. The number of nitrogens with zero attached hydrogens (tertiary/aromatic N) is 1. The summed E-state index contributed by atoms with van der Waals surface area (Å²) in [7, 11) is 0. The van der Waals surface area contributed by atoms with Crippen LogP contribution in [0.2, 0.25) is 0 Å². The first-order chi connectivity index (χ1) is 18.8. The van der Waals surface area contributed by atoms with Gasteiger partial charge in [0.2, 0.25) is 11.7 Å². The molecular formula is C30H41NO9. The summed E-state index contributed by atoms with van der Waals surface area (Å²) in [5.74, 6) is -2.64. The second-order valence-corrected chi connectivity index (χ2v) is 13.1. The molecule has 3 saturated carbocycles. The molecule has 0 radical (unpaired) electrons. The summed E-state index contributed by atoms with van der Waals surface area (Å²) < 4.78 is 5.19. The molecule has 5 aliphatic rings. The normalized spacial score (nSPS) is 40.5. The van der Waals surface area contributed by atoms with Gasteiger partial charge >= 0.3 is 11.9 Å². The molecule has 0 aromatic carbocycles. The van der Waals surface area contributed by atoms with Gasteiger partial charge in [-0.1, -0.05) is 19.4 Å². The number of amides is 1. The van der Waals surface area contributed by atoms with E-state index in [0.717, 1.165) is 18.4 Å². The number of Topliss-reactive ketones (excluding diaryl/α,β-unsaturated/α-hetero) is 1. The number of hydrogen-bond acceptors (Lipinski definition) is 8. The monoisotopic (exact) mass is 559 g/mol. The Balaban J connectivity index is 1.21.